The highest BCUT2D eigenvalue weighted by Gasteiger charge is 2.30. The van der Waals surface area contributed by atoms with E-state index in [0.717, 1.165) is 33.0 Å². The highest BCUT2D eigenvalue weighted by atomic mass is 32.1. The molecule has 0 unspecified atom stereocenters. The van der Waals surface area contributed by atoms with Crippen LogP contribution >= 0.6 is 11.3 Å². The lowest BCUT2D eigenvalue weighted by molar-refractivity contribution is -0.137. The monoisotopic (exact) mass is 386 g/mol. The van der Waals surface area contributed by atoms with Gasteiger partial charge in [0, 0.05) is 17.3 Å². The first-order valence-corrected chi connectivity index (χ1v) is 8.84. The molecule has 2 aromatic carbocycles. The summed E-state index contributed by atoms with van der Waals surface area (Å²) in [5.41, 5.74) is 2.15. The van der Waals surface area contributed by atoms with Gasteiger partial charge in [-0.25, -0.2) is 15.0 Å². The Morgan fingerprint density at radius 3 is 2.48 bits per heavy atom. The van der Waals surface area contributed by atoms with Crippen LogP contribution in [0.5, 0.6) is 0 Å². The molecule has 0 bridgehead atoms. The van der Waals surface area contributed by atoms with Crippen LogP contribution in [-0.2, 0) is 6.18 Å². The van der Waals surface area contributed by atoms with Crippen LogP contribution in [0.15, 0.2) is 54.9 Å². The summed E-state index contributed by atoms with van der Waals surface area (Å²) in [5.74, 6) is 0.547. The Hall–Kier alpha value is -3.00. The molecule has 2 heterocycles. The summed E-state index contributed by atoms with van der Waals surface area (Å²) in [4.78, 5) is 12.8. The Bertz CT molecular complexity index is 1100. The van der Waals surface area contributed by atoms with Crippen LogP contribution in [0, 0.1) is 6.92 Å². The van der Waals surface area contributed by atoms with Crippen LogP contribution < -0.4 is 5.32 Å². The van der Waals surface area contributed by atoms with E-state index < -0.39 is 11.7 Å². The van der Waals surface area contributed by atoms with E-state index in [1.54, 1.807) is 17.4 Å². The predicted octanol–water partition coefficient (Wildman–Crippen LogP) is 5.82. The number of alkyl halides is 3. The molecule has 8 heteroatoms. The van der Waals surface area contributed by atoms with Gasteiger partial charge in [0.25, 0.3) is 0 Å². The van der Waals surface area contributed by atoms with E-state index in [-0.39, 0.29) is 0 Å². The highest BCUT2D eigenvalue weighted by Crippen LogP contribution is 2.31. The molecule has 0 saturated carbocycles. The van der Waals surface area contributed by atoms with Crippen LogP contribution in [0.2, 0.25) is 0 Å². The molecular weight excluding hydrogens is 373 g/mol. The molecule has 1 N–H and O–H groups in total. The molecule has 4 rings (SSSR count). The van der Waals surface area contributed by atoms with Crippen molar-refractivity contribution in [3.8, 4) is 11.3 Å². The van der Waals surface area contributed by atoms with Gasteiger partial charge in [0.1, 0.15) is 12.1 Å². The van der Waals surface area contributed by atoms with Gasteiger partial charge in [-0.3, -0.25) is 0 Å². The number of benzene rings is 2. The van der Waals surface area contributed by atoms with Crippen LogP contribution in [0.25, 0.3) is 21.5 Å². The number of rotatable bonds is 3. The van der Waals surface area contributed by atoms with Crippen molar-refractivity contribution >= 4 is 33.1 Å². The fourth-order valence-electron chi connectivity index (χ4n) is 2.68. The number of hydrogen-bond donors (Lipinski definition) is 1. The van der Waals surface area contributed by atoms with E-state index >= 15 is 0 Å². The van der Waals surface area contributed by atoms with Gasteiger partial charge in [-0.1, -0.05) is 12.1 Å². The number of thiazole rings is 1. The molecule has 2 aromatic heterocycles. The molecule has 0 radical (unpaired) electrons. The van der Waals surface area contributed by atoms with Crippen molar-refractivity contribution in [3.05, 3.63) is 65.4 Å². The molecule has 0 atom stereocenters. The van der Waals surface area contributed by atoms with E-state index in [9.17, 15) is 13.2 Å². The molecule has 4 nitrogen and oxygen atoms in total. The van der Waals surface area contributed by atoms with E-state index in [1.165, 1.54) is 18.5 Å². The van der Waals surface area contributed by atoms with Crippen molar-refractivity contribution in [1.82, 2.24) is 15.0 Å². The predicted molar refractivity (Wildman–Crippen MR) is 100 cm³/mol. The van der Waals surface area contributed by atoms with Crippen LogP contribution in [-0.4, -0.2) is 15.0 Å². The zero-order valence-electron chi connectivity index (χ0n) is 14.1. The van der Waals surface area contributed by atoms with Crippen molar-refractivity contribution in [2.75, 3.05) is 5.32 Å². The number of anilines is 2. The molecule has 4 aromatic rings. The van der Waals surface area contributed by atoms with Gasteiger partial charge < -0.3 is 5.32 Å². The lowest BCUT2D eigenvalue weighted by atomic mass is 10.1. The number of aromatic nitrogens is 3. The smallest absolute Gasteiger partial charge is 0.340 e. The van der Waals surface area contributed by atoms with Gasteiger partial charge in [-0.2, -0.15) is 13.2 Å². The SMILES string of the molecule is Cc1nc2cc(Nc3cc(-c4ccc(C(F)(F)F)cc4)ncn3)ccc2s1. The molecule has 0 aliphatic rings. The number of nitrogens with zero attached hydrogens (tertiary/aromatic N) is 3. The molecule has 0 spiro atoms. The average molecular weight is 386 g/mol. The van der Waals surface area contributed by atoms with Crippen molar-refractivity contribution < 1.29 is 13.2 Å². The van der Waals surface area contributed by atoms with E-state index in [2.05, 4.69) is 20.3 Å². The summed E-state index contributed by atoms with van der Waals surface area (Å²) in [6.07, 6.45) is -2.98. The van der Waals surface area contributed by atoms with Gasteiger partial charge in [0.2, 0.25) is 0 Å². The van der Waals surface area contributed by atoms with Crippen molar-refractivity contribution in [2.45, 2.75) is 13.1 Å². The average Bonchev–Trinajstić information content (AvgIpc) is 3.01. The van der Waals surface area contributed by atoms with Gasteiger partial charge in [0.05, 0.1) is 26.5 Å². The number of aryl methyl sites for hydroxylation is 1. The quantitative estimate of drug-likeness (QED) is 0.482. The van der Waals surface area contributed by atoms with E-state index in [4.69, 9.17) is 0 Å². The Labute approximate surface area is 156 Å². The minimum atomic E-state index is -4.36. The van der Waals surface area contributed by atoms with E-state index in [1.807, 2.05) is 25.1 Å². The minimum Gasteiger partial charge on any atom is -0.340 e. The second-order valence-electron chi connectivity index (χ2n) is 5.90. The fraction of sp³-hybridized carbons (Fsp3) is 0.105. The standard InChI is InChI=1S/C19H13F3N4S/c1-11-25-16-8-14(6-7-17(16)27-11)26-18-9-15(23-10-24-18)12-2-4-13(5-3-12)19(20,21)22/h2-10H,1H3,(H,23,24,26). The van der Waals surface area contributed by atoms with Crippen LogP contribution in [0.3, 0.4) is 0 Å². The van der Waals surface area contributed by atoms with Crippen LogP contribution in [0.4, 0.5) is 24.7 Å². The topological polar surface area (TPSA) is 50.7 Å². The molecule has 0 aliphatic heterocycles. The summed E-state index contributed by atoms with van der Waals surface area (Å²) >= 11 is 1.63. The largest absolute Gasteiger partial charge is 0.416 e. The van der Waals surface area contributed by atoms with Gasteiger partial charge in [-0.15, -0.1) is 11.3 Å². The lowest BCUT2D eigenvalue weighted by Crippen LogP contribution is -2.04. The maximum Gasteiger partial charge on any atom is 0.416 e. The van der Waals surface area contributed by atoms with Gasteiger partial charge >= 0.3 is 6.18 Å². The molecule has 0 fully saturated rings. The third kappa shape index (κ3) is 3.75. The summed E-state index contributed by atoms with van der Waals surface area (Å²) in [6.45, 7) is 1.96. The second kappa shape index (κ2) is 6.62. The second-order valence-corrected chi connectivity index (χ2v) is 7.14. The third-order valence-corrected chi connectivity index (χ3v) is 4.89. The van der Waals surface area contributed by atoms with E-state index in [0.29, 0.717) is 17.1 Å². The first-order chi connectivity index (χ1) is 12.9. The summed E-state index contributed by atoms with van der Waals surface area (Å²) in [6, 6.07) is 12.4. The number of halogens is 3. The zero-order chi connectivity index (χ0) is 19.0. The van der Waals surface area contributed by atoms with Crippen molar-refractivity contribution in [1.29, 1.82) is 0 Å². The number of fused-ring (bicyclic) bond motifs is 1. The maximum absolute atomic E-state index is 12.7. The zero-order valence-corrected chi connectivity index (χ0v) is 14.9. The minimum absolute atomic E-state index is 0.534. The highest BCUT2D eigenvalue weighted by molar-refractivity contribution is 7.18. The summed E-state index contributed by atoms with van der Waals surface area (Å²) in [5, 5.41) is 4.18. The molecule has 0 saturated heterocycles. The molecular formula is C19H13F3N4S. The fourth-order valence-corrected chi connectivity index (χ4v) is 3.49. The van der Waals surface area contributed by atoms with Crippen molar-refractivity contribution in [2.24, 2.45) is 0 Å². The molecule has 136 valence electrons. The number of nitrogens with one attached hydrogen (secondary N) is 1. The Balaban J connectivity index is 1.59. The summed E-state index contributed by atoms with van der Waals surface area (Å²) < 4.78 is 39.2. The normalized spacial score (nSPS) is 11.7. The summed E-state index contributed by atoms with van der Waals surface area (Å²) in [7, 11) is 0. The Kier molecular flexibility index (Phi) is 4.27. The Morgan fingerprint density at radius 1 is 0.963 bits per heavy atom. The molecule has 0 aliphatic carbocycles. The number of hydrogen-bond acceptors (Lipinski definition) is 5. The van der Waals surface area contributed by atoms with Crippen molar-refractivity contribution in [3.63, 3.8) is 0 Å². The van der Waals surface area contributed by atoms with Gasteiger partial charge in [-0.05, 0) is 37.3 Å². The Morgan fingerprint density at radius 2 is 1.74 bits per heavy atom. The van der Waals surface area contributed by atoms with Gasteiger partial charge in [0.15, 0.2) is 0 Å². The first-order valence-electron chi connectivity index (χ1n) is 8.02. The maximum atomic E-state index is 12.7. The first kappa shape index (κ1) is 17.4. The molecule has 0 amide bonds. The lowest BCUT2D eigenvalue weighted by Gasteiger charge is -2.09. The third-order valence-electron chi connectivity index (χ3n) is 3.94. The van der Waals surface area contributed by atoms with Crippen LogP contribution in [0.1, 0.15) is 10.6 Å². The molecule has 27 heavy (non-hydrogen) atoms.